The fourth-order valence-corrected chi connectivity index (χ4v) is 5.01. The van der Waals surface area contributed by atoms with E-state index in [0.717, 1.165) is 37.9 Å². The average molecular weight is 391 g/mol. The van der Waals surface area contributed by atoms with Gasteiger partial charge in [0, 0.05) is 48.7 Å². The molecule has 0 bridgehead atoms. The number of carbonyl (C=O) groups excluding carboxylic acids is 2. The predicted molar refractivity (Wildman–Crippen MR) is 108 cm³/mol. The number of carbonyl (C=O) groups is 2. The molecule has 3 heterocycles. The van der Waals surface area contributed by atoms with Crippen LogP contribution in [0.15, 0.2) is 48.8 Å². The summed E-state index contributed by atoms with van der Waals surface area (Å²) < 4.78 is 5.77. The maximum absolute atomic E-state index is 12.9. The van der Waals surface area contributed by atoms with Crippen LogP contribution in [0.5, 0.6) is 0 Å². The van der Waals surface area contributed by atoms with Gasteiger partial charge in [-0.25, -0.2) is 4.79 Å². The van der Waals surface area contributed by atoms with Gasteiger partial charge >= 0.3 is 5.97 Å². The van der Waals surface area contributed by atoms with Crippen LogP contribution in [0, 0.1) is 5.92 Å². The Morgan fingerprint density at radius 1 is 1.14 bits per heavy atom. The normalized spacial score (nSPS) is 28.3. The number of amides is 1. The number of benzene rings is 1. The Bertz CT molecular complexity index is 922. The highest BCUT2D eigenvalue weighted by molar-refractivity contribution is 5.94. The molecule has 1 aromatic heterocycles. The molecule has 1 atom stereocenters. The summed E-state index contributed by atoms with van der Waals surface area (Å²) in [6, 6.07) is 12.2. The third kappa shape index (κ3) is 3.26. The van der Waals surface area contributed by atoms with Crippen molar-refractivity contribution in [1.29, 1.82) is 0 Å². The van der Waals surface area contributed by atoms with Crippen molar-refractivity contribution in [3.8, 4) is 0 Å². The van der Waals surface area contributed by atoms with Gasteiger partial charge in [0.15, 0.2) is 0 Å². The summed E-state index contributed by atoms with van der Waals surface area (Å²) in [6.45, 7) is 1.81. The van der Waals surface area contributed by atoms with Crippen molar-refractivity contribution in [3.05, 3.63) is 59.9 Å². The van der Waals surface area contributed by atoms with Crippen LogP contribution >= 0.6 is 0 Å². The van der Waals surface area contributed by atoms with Crippen LogP contribution in [0.2, 0.25) is 0 Å². The van der Waals surface area contributed by atoms with Gasteiger partial charge in [-0.3, -0.25) is 9.78 Å². The van der Waals surface area contributed by atoms with Crippen LogP contribution in [0.4, 0.5) is 5.69 Å². The van der Waals surface area contributed by atoms with Gasteiger partial charge in [0.05, 0.1) is 5.56 Å². The van der Waals surface area contributed by atoms with E-state index in [0.29, 0.717) is 18.4 Å². The molecule has 3 aliphatic rings. The number of aromatic nitrogens is 1. The SMILES string of the molecule is O=C1OC2(CCC(C(=O)NC3CCN(c4ccccc4)C3)CC2)c2cnccc21. The number of nitrogens with zero attached hydrogens (tertiary/aromatic N) is 2. The summed E-state index contributed by atoms with van der Waals surface area (Å²) in [7, 11) is 0. The lowest BCUT2D eigenvalue weighted by molar-refractivity contribution is -0.128. The maximum atomic E-state index is 12.9. The van der Waals surface area contributed by atoms with Gasteiger partial charge in [0.1, 0.15) is 5.60 Å². The van der Waals surface area contributed by atoms with Crippen molar-refractivity contribution in [2.45, 2.75) is 43.7 Å². The zero-order chi connectivity index (χ0) is 19.8. The highest BCUT2D eigenvalue weighted by atomic mass is 16.6. The minimum atomic E-state index is -0.588. The molecule has 2 fully saturated rings. The lowest BCUT2D eigenvalue weighted by atomic mass is 9.75. The van der Waals surface area contributed by atoms with E-state index in [1.54, 1.807) is 18.5 Å². The van der Waals surface area contributed by atoms with Crippen molar-refractivity contribution in [2.75, 3.05) is 18.0 Å². The molecule has 6 heteroatoms. The number of hydrogen-bond donors (Lipinski definition) is 1. The molecule has 6 nitrogen and oxygen atoms in total. The summed E-state index contributed by atoms with van der Waals surface area (Å²) in [5, 5.41) is 3.25. The Kier molecular flexibility index (Phi) is 4.49. The lowest BCUT2D eigenvalue weighted by Gasteiger charge is -2.36. The monoisotopic (exact) mass is 391 g/mol. The van der Waals surface area contributed by atoms with E-state index in [-0.39, 0.29) is 23.8 Å². The topological polar surface area (TPSA) is 71.5 Å². The highest BCUT2D eigenvalue weighted by Crippen LogP contribution is 2.47. The molecule has 5 rings (SSSR count). The maximum Gasteiger partial charge on any atom is 0.339 e. The molecule has 1 aliphatic carbocycles. The second-order valence-electron chi connectivity index (χ2n) is 8.36. The molecule has 1 aromatic carbocycles. The first-order valence-corrected chi connectivity index (χ1v) is 10.4. The van der Waals surface area contributed by atoms with Gasteiger partial charge in [0.25, 0.3) is 0 Å². The summed E-state index contributed by atoms with van der Waals surface area (Å²) in [5.74, 6) is -0.154. The zero-order valence-electron chi connectivity index (χ0n) is 16.3. The first-order chi connectivity index (χ1) is 14.1. The second kappa shape index (κ2) is 7.17. The number of esters is 1. The van der Waals surface area contributed by atoms with Crippen molar-refractivity contribution in [2.24, 2.45) is 5.92 Å². The van der Waals surface area contributed by atoms with Gasteiger partial charge < -0.3 is 15.0 Å². The molecular formula is C23H25N3O3. The van der Waals surface area contributed by atoms with Gasteiger partial charge in [-0.2, -0.15) is 0 Å². The number of ether oxygens (including phenoxy) is 1. The van der Waals surface area contributed by atoms with Crippen molar-refractivity contribution >= 4 is 17.6 Å². The van der Waals surface area contributed by atoms with Crippen molar-refractivity contribution in [1.82, 2.24) is 10.3 Å². The molecule has 1 N–H and O–H groups in total. The van der Waals surface area contributed by atoms with E-state index in [1.165, 1.54) is 5.69 Å². The summed E-state index contributed by atoms with van der Waals surface area (Å²) in [5.41, 5.74) is 2.13. The van der Waals surface area contributed by atoms with E-state index in [4.69, 9.17) is 4.74 Å². The Balaban J connectivity index is 1.18. The fraction of sp³-hybridized carbons (Fsp3) is 0.435. The van der Waals surface area contributed by atoms with Gasteiger partial charge in [-0.15, -0.1) is 0 Å². The van der Waals surface area contributed by atoms with Gasteiger partial charge in [0.2, 0.25) is 5.91 Å². The fourth-order valence-electron chi connectivity index (χ4n) is 5.01. The standard InChI is InChI=1S/C23H25N3O3/c27-21(25-17-9-13-26(15-17)18-4-2-1-3-5-18)16-6-10-23(11-7-16)20-14-24-12-8-19(20)22(28)29-23/h1-5,8,12,14,16-17H,6-7,9-11,13,15H2,(H,25,27). The first-order valence-electron chi connectivity index (χ1n) is 10.4. The smallest absolute Gasteiger partial charge is 0.339 e. The molecule has 1 spiro atoms. The molecule has 1 saturated heterocycles. The van der Waals surface area contributed by atoms with E-state index in [1.807, 2.05) is 18.2 Å². The molecular weight excluding hydrogens is 366 g/mol. The highest BCUT2D eigenvalue weighted by Gasteiger charge is 2.48. The van der Waals surface area contributed by atoms with E-state index in [9.17, 15) is 9.59 Å². The number of hydrogen-bond acceptors (Lipinski definition) is 5. The Morgan fingerprint density at radius 3 is 2.72 bits per heavy atom. The Hall–Kier alpha value is -2.89. The lowest BCUT2D eigenvalue weighted by Crippen LogP contribution is -2.43. The van der Waals surface area contributed by atoms with Crippen molar-refractivity contribution in [3.63, 3.8) is 0 Å². The first kappa shape index (κ1) is 18.2. The van der Waals surface area contributed by atoms with E-state index < -0.39 is 5.60 Å². The molecule has 2 aromatic rings. The van der Waals surface area contributed by atoms with Crippen molar-refractivity contribution < 1.29 is 14.3 Å². The zero-order valence-corrected chi connectivity index (χ0v) is 16.3. The van der Waals surface area contributed by atoms with Crippen LogP contribution < -0.4 is 10.2 Å². The third-order valence-electron chi connectivity index (χ3n) is 6.64. The second-order valence-corrected chi connectivity index (χ2v) is 8.36. The molecule has 29 heavy (non-hydrogen) atoms. The van der Waals surface area contributed by atoms with Crippen LogP contribution in [0.1, 0.15) is 48.0 Å². The van der Waals surface area contributed by atoms with E-state index >= 15 is 0 Å². The third-order valence-corrected chi connectivity index (χ3v) is 6.64. The molecule has 1 amide bonds. The number of para-hydroxylation sites is 1. The number of pyridine rings is 1. The Morgan fingerprint density at radius 2 is 1.93 bits per heavy atom. The minimum Gasteiger partial charge on any atom is -0.450 e. The molecule has 1 saturated carbocycles. The van der Waals surface area contributed by atoms with Crippen LogP contribution in [-0.4, -0.2) is 36.0 Å². The van der Waals surface area contributed by atoms with Gasteiger partial charge in [-0.05, 0) is 50.3 Å². The Labute approximate surface area is 170 Å². The largest absolute Gasteiger partial charge is 0.450 e. The quantitative estimate of drug-likeness (QED) is 0.815. The number of nitrogens with one attached hydrogen (secondary N) is 1. The number of rotatable bonds is 3. The van der Waals surface area contributed by atoms with Crippen LogP contribution in [-0.2, 0) is 15.1 Å². The predicted octanol–water partition coefficient (Wildman–Crippen LogP) is 3.03. The number of fused-ring (bicyclic) bond motifs is 2. The minimum absolute atomic E-state index is 0.0224. The number of anilines is 1. The summed E-state index contributed by atoms with van der Waals surface area (Å²) >= 11 is 0. The average Bonchev–Trinajstić information content (AvgIpc) is 3.33. The van der Waals surface area contributed by atoms with Crippen LogP contribution in [0.25, 0.3) is 0 Å². The molecule has 2 aliphatic heterocycles. The van der Waals surface area contributed by atoms with E-state index in [2.05, 4.69) is 27.3 Å². The molecule has 0 radical (unpaired) electrons. The summed E-state index contributed by atoms with van der Waals surface area (Å²) in [6.07, 6.45) is 7.14. The molecule has 150 valence electrons. The summed E-state index contributed by atoms with van der Waals surface area (Å²) in [4.78, 5) is 31.6. The van der Waals surface area contributed by atoms with Gasteiger partial charge in [-0.1, -0.05) is 18.2 Å². The van der Waals surface area contributed by atoms with Crippen LogP contribution in [0.3, 0.4) is 0 Å². The molecule has 1 unspecified atom stereocenters.